The summed E-state index contributed by atoms with van der Waals surface area (Å²) in [7, 11) is -1.59. The quantitative estimate of drug-likeness (QED) is 0.839. The van der Waals surface area contributed by atoms with E-state index in [0.717, 1.165) is 29.8 Å². The predicted octanol–water partition coefficient (Wildman–Crippen LogP) is 2.82. The van der Waals surface area contributed by atoms with Gasteiger partial charge in [-0.1, -0.05) is 20.3 Å². The third kappa shape index (κ3) is 3.08. The van der Waals surface area contributed by atoms with Crippen molar-refractivity contribution in [3.8, 4) is 5.75 Å². The molecule has 0 saturated heterocycles. The average Bonchev–Trinajstić information content (AvgIpc) is 2.43. The number of methoxy groups -OCH3 is 1. The zero-order valence-electron chi connectivity index (χ0n) is 12.4. The van der Waals surface area contributed by atoms with E-state index in [2.05, 4.69) is 6.92 Å². The van der Waals surface area contributed by atoms with Gasteiger partial charge in [0.05, 0.1) is 18.6 Å². The minimum atomic E-state index is -3.22. The van der Waals surface area contributed by atoms with Crippen molar-refractivity contribution in [2.24, 2.45) is 5.92 Å². The van der Waals surface area contributed by atoms with Crippen molar-refractivity contribution in [2.75, 3.05) is 23.7 Å². The lowest BCUT2D eigenvalue weighted by atomic mass is 9.95. The summed E-state index contributed by atoms with van der Waals surface area (Å²) in [5.41, 5.74) is 1.88. The Hall–Kier alpha value is -1.23. The number of fused-ring (bicyclic) bond motifs is 1. The Morgan fingerprint density at radius 2 is 2.15 bits per heavy atom. The summed E-state index contributed by atoms with van der Waals surface area (Å²) >= 11 is 0. The Balaban J connectivity index is 2.37. The largest absolute Gasteiger partial charge is 0.497 e. The standard InChI is InChI=1S/C15H23NO3S/c1-4-5-8-20(17,18)16-11-12(2)9-13-10-14(19-3)6-7-15(13)16/h6-7,10,12H,4-5,8-9,11H2,1-3H3. The van der Waals surface area contributed by atoms with E-state index in [1.54, 1.807) is 11.4 Å². The summed E-state index contributed by atoms with van der Waals surface area (Å²) in [5, 5.41) is 0. The third-order valence-electron chi connectivity index (χ3n) is 3.69. The molecule has 0 N–H and O–H groups in total. The molecule has 1 heterocycles. The minimum absolute atomic E-state index is 0.224. The van der Waals surface area contributed by atoms with Crippen molar-refractivity contribution in [1.82, 2.24) is 0 Å². The second-order valence-corrected chi connectivity index (χ2v) is 7.52. The Morgan fingerprint density at radius 1 is 1.40 bits per heavy atom. The SMILES string of the molecule is CCCCS(=O)(=O)N1CC(C)Cc2cc(OC)ccc21. The summed E-state index contributed by atoms with van der Waals surface area (Å²) in [4.78, 5) is 0. The van der Waals surface area contributed by atoms with Crippen LogP contribution in [-0.4, -0.2) is 27.8 Å². The summed E-state index contributed by atoms with van der Waals surface area (Å²) in [6.45, 7) is 4.67. The second kappa shape index (κ2) is 6.04. The number of sulfonamides is 1. The molecule has 2 rings (SSSR count). The molecule has 0 fully saturated rings. The second-order valence-electron chi connectivity index (χ2n) is 5.50. The van der Waals surface area contributed by atoms with Gasteiger partial charge in [0.2, 0.25) is 10.0 Å². The number of nitrogens with zero attached hydrogens (tertiary/aromatic N) is 1. The molecule has 1 unspecified atom stereocenters. The lowest BCUT2D eigenvalue weighted by molar-refractivity contribution is 0.413. The summed E-state index contributed by atoms with van der Waals surface area (Å²) in [6.07, 6.45) is 2.49. The number of benzene rings is 1. The maximum Gasteiger partial charge on any atom is 0.235 e. The van der Waals surface area contributed by atoms with Crippen LogP contribution in [0.5, 0.6) is 5.75 Å². The number of ether oxygens (including phenoxy) is 1. The van der Waals surface area contributed by atoms with Crippen LogP contribution in [-0.2, 0) is 16.4 Å². The Labute approximate surface area is 121 Å². The van der Waals surface area contributed by atoms with E-state index < -0.39 is 10.0 Å². The van der Waals surface area contributed by atoms with E-state index in [-0.39, 0.29) is 5.75 Å². The van der Waals surface area contributed by atoms with Crippen molar-refractivity contribution >= 4 is 15.7 Å². The molecule has 0 aliphatic carbocycles. The number of anilines is 1. The molecule has 112 valence electrons. The highest BCUT2D eigenvalue weighted by molar-refractivity contribution is 7.92. The van der Waals surface area contributed by atoms with Gasteiger partial charge in [-0.15, -0.1) is 0 Å². The first-order chi connectivity index (χ1) is 9.47. The van der Waals surface area contributed by atoms with Gasteiger partial charge in [-0.05, 0) is 42.5 Å². The number of hydrogen-bond donors (Lipinski definition) is 0. The molecular formula is C15H23NO3S. The fourth-order valence-electron chi connectivity index (χ4n) is 2.62. The first-order valence-corrected chi connectivity index (χ1v) is 8.76. The smallest absolute Gasteiger partial charge is 0.235 e. The number of hydrogen-bond acceptors (Lipinski definition) is 3. The maximum absolute atomic E-state index is 12.5. The highest BCUT2D eigenvalue weighted by Crippen LogP contribution is 2.34. The Kier molecular flexibility index (Phi) is 4.58. The first kappa shape index (κ1) is 15.2. The van der Waals surface area contributed by atoms with Crippen LogP contribution in [0.15, 0.2) is 18.2 Å². The van der Waals surface area contributed by atoms with E-state index in [0.29, 0.717) is 18.9 Å². The molecule has 0 bridgehead atoms. The molecule has 0 spiro atoms. The number of unbranched alkanes of at least 4 members (excludes halogenated alkanes) is 1. The number of rotatable bonds is 5. The molecular weight excluding hydrogens is 274 g/mol. The monoisotopic (exact) mass is 297 g/mol. The van der Waals surface area contributed by atoms with E-state index in [4.69, 9.17) is 4.74 Å². The average molecular weight is 297 g/mol. The van der Waals surface area contributed by atoms with E-state index in [1.807, 2.05) is 25.1 Å². The lowest BCUT2D eigenvalue weighted by Crippen LogP contribution is -2.40. The van der Waals surface area contributed by atoms with Crippen molar-refractivity contribution in [2.45, 2.75) is 33.1 Å². The molecule has 0 radical (unpaired) electrons. The topological polar surface area (TPSA) is 46.6 Å². The normalized spacial score (nSPS) is 18.8. The van der Waals surface area contributed by atoms with Crippen LogP contribution in [0.3, 0.4) is 0 Å². The van der Waals surface area contributed by atoms with E-state index >= 15 is 0 Å². The van der Waals surface area contributed by atoms with Gasteiger partial charge in [-0.3, -0.25) is 4.31 Å². The third-order valence-corrected chi connectivity index (χ3v) is 5.51. The van der Waals surface area contributed by atoms with Crippen LogP contribution in [0.1, 0.15) is 32.3 Å². The molecule has 1 aliphatic rings. The summed E-state index contributed by atoms with van der Waals surface area (Å²) in [5.74, 6) is 1.33. The zero-order valence-corrected chi connectivity index (χ0v) is 13.2. The maximum atomic E-state index is 12.5. The fraction of sp³-hybridized carbons (Fsp3) is 0.600. The predicted molar refractivity (Wildman–Crippen MR) is 81.9 cm³/mol. The van der Waals surface area contributed by atoms with Gasteiger partial charge in [0.1, 0.15) is 5.75 Å². The van der Waals surface area contributed by atoms with Gasteiger partial charge < -0.3 is 4.74 Å². The first-order valence-electron chi connectivity index (χ1n) is 7.15. The van der Waals surface area contributed by atoms with Crippen LogP contribution in [0.25, 0.3) is 0 Å². The molecule has 1 aromatic rings. The van der Waals surface area contributed by atoms with Gasteiger partial charge in [-0.25, -0.2) is 8.42 Å². The highest BCUT2D eigenvalue weighted by atomic mass is 32.2. The van der Waals surface area contributed by atoms with Crippen molar-refractivity contribution in [3.05, 3.63) is 23.8 Å². The molecule has 1 aliphatic heterocycles. The molecule has 5 heteroatoms. The van der Waals surface area contributed by atoms with Crippen molar-refractivity contribution in [1.29, 1.82) is 0 Å². The molecule has 1 aromatic carbocycles. The molecule has 4 nitrogen and oxygen atoms in total. The van der Waals surface area contributed by atoms with Crippen LogP contribution < -0.4 is 9.04 Å². The van der Waals surface area contributed by atoms with Gasteiger partial charge in [0.25, 0.3) is 0 Å². The molecule has 0 amide bonds. The fourth-order valence-corrected chi connectivity index (χ4v) is 4.45. The highest BCUT2D eigenvalue weighted by Gasteiger charge is 2.30. The van der Waals surface area contributed by atoms with Crippen molar-refractivity contribution < 1.29 is 13.2 Å². The van der Waals surface area contributed by atoms with Gasteiger partial charge in [-0.2, -0.15) is 0 Å². The van der Waals surface area contributed by atoms with E-state index in [1.165, 1.54) is 0 Å². The van der Waals surface area contributed by atoms with Gasteiger partial charge in [0.15, 0.2) is 0 Å². The lowest BCUT2D eigenvalue weighted by Gasteiger charge is -2.34. The zero-order chi connectivity index (χ0) is 14.8. The molecule has 0 saturated carbocycles. The minimum Gasteiger partial charge on any atom is -0.497 e. The van der Waals surface area contributed by atoms with Crippen LogP contribution >= 0.6 is 0 Å². The molecule has 20 heavy (non-hydrogen) atoms. The molecule has 1 atom stereocenters. The van der Waals surface area contributed by atoms with Crippen LogP contribution in [0.4, 0.5) is 5.69 Å². The summed E-state index contributed by atoms with van der Waals surface area (Å²) < 4.78 is 31.8. The van der Waals surface area contributed by atoms with E-state index in [9.17, 15) is 8.42 Å². The molecule has 0 aromatic heterocycles. The van der Waals surface area contributed by atoms with Gasteiger partial charge in [0, 0.05) is 6.54 Å². The Morgan fingerprint density at radius 3 is 2.80 bits per heavy atom. The van der Waals surface area contributed by atoms with Crippen LogP contribution in [0, 0.1) is 5.92 Å². The Bertz CT molecular complexity index is 568. The van der Waals surface area contributed by atoms with Gasteiger partial charge >= 0.3 is 0 Å². The van der Waals surface area contributed by atoms with Crippen LogP contribution in [0.2, 0.25) is 0 Å². The summed E-state index contributed by atoms with van der Waals surface area (Å²) in [6, 6.07) is 5.65. The van der Waals surface area contributed by atoms with Crippen molar-refractivity contribution in [3.63, 3.8) is 0 Å².